The second-order valence-corrected chi connectivity index (χ2v) is 3.62. The number of nitrogens with one attached hydrogen (secondary N) is 1. The summed E-state index contributed by atoms with van der Waals surface area (Å²) >= 11 is 0. The molecular weight excluding hydrogens is 138 g/mol. The third kappa shape index (κ3) is 2.46. The number of hydrogen-bond donors (Lipinski definition) is 2. The molecule has 0 aromatic rings. The average Bonchev–Trinajstić information content (AvgIpc) is 2.37. The Morgan fingerprint density at radius 1 is 1.64 bits per heavy atom. The van der Waals surface area contributed by atoms with Gasteiger partial charge in [0, 0.05) is 6.04 Å². The molecule has 2 nitrogen and oxygen atoms in total. The van der Waals surface area contributed by atoms with Crippen molar-refractivity contribution in [2.45, 2.75) is 45.3 Å². The van der Waals surface area contributed by atoms with Crippen molar-refractivity contribution in [3.8, 4) is 0 Å². The predicted octanol–water partition coefficient (Wildman–Crippen LogP) is 1.15. The van der Waals surface area contributed by atoms with Crippen LogP contribution in [0, 0.1) is 5.92 Å². The van der Waals surface area contributed by atoms with Gasteiger partial charge in [-0.2, -0.15) is 0 Å². The molecule has 2 heteroatoms. The minimum atomic E-state index is -0.104. The molecule has 0 saturated carbocycles. The fourth-order valence-electron chi connectivity index (χ4n) is 1.67. The molecule has 0 aliphatic carbocycles. The molecule has 66 valence electrons. The second kappa shape index (κ2) is 4.07. The molecule has 1 rings (SSSR count). The first-order chi connectivity index (χ1) is 5.24. The Morgan fingerprint density at radius 3 is 2.82 bits per heavy atom. The minimum Gasteiger partial charge on any atom is -0.393 e. The fraction of sp³-hybridized carbons (Fsp3) is 1.00. The van der Waals surface area contributed by atoms with Gasteiger partial charge in [0.15, 0.2) is 0 Å². The van der Waals surface area contributed by atoms with Crippen LogP contribution in [0.15, 0.2) is 0 Å². The summed E-state index contributed by atoms with van der Waals surface area (Å²) in [6, 6.07) is 0.560. The molecule has 1 aliphatic heterocycles. The van der Waals surface area contributed by atoms with E-state index in [1.807, 2.05) is 6.92 Å². The van der Waals surface area contributed by atoms with Gasteiger partial charge in [-0.3, -0.25) is 0 Å². The van der Waals surface area contributed by atoms with Gasteiger partial charge in [0.1, 0.15) is 0 Å². The molecule has 11 heavy (non-hydrogen) atoms. The molecule has 3 atom stereocenters. The van der Waals surface area contributed by atoms with E-state index in [9.17, 15) is 5.11 Å². The standard InChI is InChI=1S/C9H19NO/c1-3-8(11)6-9-7(2)4-5-10-9/h7-11H,3-6H2,1-2H3. The first kappa shape index (κ1) is 9.01. The van der Waals surface area contributed by atoms with E-state index in [2.05, 4.69) is 12.2 Å². The summed E-state index contributed by atoms with van der Waals surface area (Å²) in [5.41, 5.74) is 0. The predicted molar refractivity (Wildman–Crippen MR) is 46.5 cm³/mol. The summed E-state index contributed by atoms with van der Waals surface area (Å²) in [5.74, 6) is 0.746. The third-order valence-electron chi connectivity index (χ3n) is 2.69. The number of rotatable bonds is 3. The van der Waals surface area contributed by atoms with E-state index in [4.69, 9.17) is 0 Å². The van der Waals surface area contributed by atoms with Crippen LogP contribution < -0.4 is 5.32 Å². The largest absolute Gasteiger partial charge is 0.393 e. The smallest absolute Gasteiger partial charge is 0.0552 e. The quantitative estimate of drug-likeness (QED) is 0.644. The van der Waals surface area contributed by atoms with E-state index in [-0.39, 0.29) is 6.10 Å². The Hall–Kier alpha value is -0.0800. The normalized spacial score (nSPS) is 34.1. The van der Waals surface area contributed by atoms with Crippen molar-refractivity contribution >= 4 is 0 Å². The molecule has 0 bridgehead atoms. The van der Waals surface area contributed by atoms with Crippen molar-refractivity contribution in [3.05, 3.63) is 0 Å². The summed E-state index contributed by atoms with van der Waals surface area (Å²) in [6.45, 7) is 5.42. The van der Waals surface area contributed by atoms with Gasteiger partial charge in [-0.15, -0.1) is 0 Å². The minimum absolute atomic E-state index is 0.104. The topological polar surface area (TPSA) is 32.3 Å². The number of hydrogen-bond acceptors (Lipinski definition) is 2. The molecule has 3 unspecified atom stereocenters. The Kier molecular flexibility index (Phi) is 3.34. The molecule has 1 fully saturated rings. The van der Waals surface area contributed by atoms with Gasteiger partial charge in [-0.1, -0.05) is 13.8 Å². The molecule has 1 saturated heterocycles. The maximum absolute atomic E-state index is 9.40. The van der Waals surface area contributed by atoms with Crippen molar-refractivity contribution < 1.29 is 5.11 Å². The monoisotopic (exact) mass is 157 g/mol. The zero-order chi connectivity index (χ0) is 8.27. The molecule has 0 aromatic carbocycles. The van der Waals surface area contributed by atoms with Gasteiger partial charge >= 0.3 is 0 Å². The van der Waals surface area contributed by atoms with E-state index in [0.29, 0.717) is 6.04 Å². The summed E-state index contributed by atoms with van der Waals surface area (Å²) in [7, 11) is 0. The van der Waals surface area contributed by atoms with Gasteiger partial charge < -0.3 is 10.4 Å². The SMILES string of the molecule is CCC(O)CC1NCCC1C. The first-order valence-electron chi connectivity index (χ1n) is 4.65. The molecule has 0 radical (unpaired) electrons. The van der Waals surface area contributed by atoms with Crippen LogP contribution in [0.5, 0.6) is 0 Å². The zero-order valence-electron chi connectivity index (χ0n) is 7.51. The zero-order valence-corrected chi connectivity index (χ0v) is 7.51. The van der Waals surface area contributed by atoms with Crippen molar-refractivity contribution in [3.63, 3.8) is 0 Å². The Labute approximate surface area is 69.0 Å². The van der Waals surface area contributed by atoms with E-state index < -0.39 is 0 Å². The van der Waals surface area contributed by atoms with Crippen LogP contribution in [0.25, 0.3) is 0 Å². The Bertz CT molecular complexity index is 116. The molecule has 0 amide bonds. The van der Waals surface area contributed by atoms with E-state index in [0.717, 1.165) is 25.3 Å². The van der Waals surface area contributed by atoms with Crippen LogP contribution in [0.1, 0.15) is 33.1 Å². The lowest BCUT2D eigenvalue weighted by Gasteiger charge is -2.18. The second-order valence-electron chi connectivity index (χ2n) is 3.62. The molecule has 2 N–H and O–H groups in total. The van der Waals surface area contributed by atoms with Gasteiger partial charge in [-0.25, -0.2) is 0 Å². The molecular formula is C9H19NO. The van der Waals surface area contributed by atoms with E-state index in [1.54, 1.807) is 0 Å². The van der Waals surface area contributed by atoms with Gasteiger partial charge in [0.2, 0.25) is 0 Å². The van der Waals surface area contributed by atoms with Gasteiger partial charge in [0.25, 0.3) is 0 Å². The lowest BCUT2D eigenvalue weighted by molar-refractivity contribution is 0.142. The third-order valence-corrected chi connectivity index (χ3v) is 2.69. The van der Waals surface area contributed by atoms with Crippen molar-refractivity contribution in [2.75, 3.05) is 6.54 Å². The van der Waals surface area contributed by atoms with Crippen LogP contribution in [-0.2, 0) is 0 Å². The molecule has 1 aliphatic rings. The highest BCUT2D eigenvalue weighted by Crippen LogP contribution is 2.19. The number of aliphatic hydroxyl groups excluding tert-OH is 1. The maximum Gasteiger partial charge on any atom is 0.0552 e. The van der Waals surface area contributed by atoms with Crippen molar-refractivity contribution in [1.82, 2.24) is 5.32 Å². The fourth-order valence-corrected chi connectivity index (χ4v) is 1.67. The van der Waals surface area contributed by atoms with Crippen LogP contribution in [0.2, 0.25) is 0 Å². The highest BCUT2D eigenvalue weighted by atomic mass is 16.3. The van der Waals surface area contributed by atoms with Crippen LogP contribution in [-0.4, -0.2) is 23.8 Å². The average molecular weight is 157 g/mol. The summed E-state index contributed by atoms with van der Waals surface area (Å²) < 4.78 is 0. The molecule has 0 spiro atoms. The van der Waals surface area contributed by atoms with Gasteiger partial charge in [-0.05, 0) is 31.7 Å². The molecule has 1 heterocycles. The highest BCUT2D eigenvalue weighted by Gasteiger charge is 2.24. The lowest BCUT2D eigenvalue weighted by atomic mass is 9.97. The van der Waals surface area contributed by atoms with E-state index >= 15 is 0 Å². The van der Waals surface area contributed by atoms with E-state index in [1.165, 1.54) is 6.42 Å². The van der Waals surface area contributed by atoms with Crippen molar-refractivity contribution in [1.29, 1.82) is 0 Å². The van der Waals surface area contributed by atoms with Crippen LogP contribution >= 0.6 is 0 Å². The first-order valence-corrected chi connectivity index (χ1v) is 4.65. The molecule has 0 aromatic heterocycles. The highest BCUT2D eigenvalue weighted by molar-refractivity contribution is 4.82. The Morgan fingerprint density at radius 2 is 2.36 bits per heavy atom. The van der Waals surface area contributed by atoms with Gasteiger partial charge in [0.05, 0.1) is 6.10 Å². The van der Waals surface area contributed by atoms with Crippen molar-refractivity contribution in [2.24, 2.45) is 5.92 Å². The van der Waals surface area contributed by atoms with Crippen LogP contribution in [0.4, 0.5) is 0 Å². The summed E-state index contributed by atoms with van der Waals surface area (Å²) in [6.07, 6.45) is 2.97. The lowest BCUT2D eigenvalue weighted by Crippen LogP contribution is -2.30. The summed E-state index contributed by atoms with van der Waals surface area (Å²) in [5, 5.41) is 12.8. The summed E-state index contributed by atoms with van der Waals surface area (Å²) in [4.78, 5) is 0. The maximum atomic E-state index is 9.40. The Balaban J connectivity index is 2.24. The van der Waals surface area contributed by atoms with Crippen LogP contribution in [0.3, 0.4) is 0 Å². The number of aliphatic hydroxyl groups is 1.